The van der Waals surface area contributed by atoms with Crippen molar-refractivity contribution in [2.24, 2.45) is 0 Å². The molecule has 0 aliphatic carbocycles. The Bertz CT molecular complexity index is 684. The van der Waals surface area contributed by atoms with Crippen molar-refractivity contribution in [1.29, 1.82) is 0 Å². The van der Waals surface area contributed by atoms with Gasteiger partial charge < -0.3 is 4.74 Å². The molecule has 0 atom stereocenters. The highest BCUT2D eigenvalue weighted by Crippen LogP contribution is 2.12. The van der Waals surface area contributed by atoms with Gasteiger partial charge in [-0.15, -0.1) is 0 Å². The monoisotopic (exact) mass is 293 g/mol. The first-order valence-corrected chi connectivity index (χ1v) is 7.41. The number of nitrogens with zero attached hydrogens (tertiary/aromatic N) is 2. The van der Waals surface area contributed by atoms with Crippen molar-refractivity contribution in [2.75, 3.05) is 7.11 Å². The lowest BCUT2D eigenvalue weighted by Crippen LogP contribution is -2.25. The van der Waals surface area contributed by atoms with Crippen LogP contribution in [0.15, 0.2) is 41.7 Å². The number of aryl methyl sites for hydroxylation is 1. The van der Waals surface area contributed by atoms with E-state index in [-0.39, 0.29) is 11.6 Å². The van der Waals surface area contributed by atoms with Crippen LogP contribution in [0.25, 0.3) is 0 Å². The summed E-state index contributed by atoms with van der Waals surface area (Å²) in [7, 11) is -2.09. The van der Waals surface area contributed by atoms with Crippen LogP contribution in [0.2, 0.25) is 0 Å². The van der Waals surface area contributed by atoms with Crippen LogP contribution >= 0.6 is 0 Å². The summed E-state index contributed by atoms with van der Waals surface area (Å²) in [5.74, 6) is 0.622. The highest BCUT2D eigenvalue weighted by atomic mass is 32.2. The van der Waals surface area contributed by atoms with E-state index in [0.717, 1.165) is 0 Å². The second-order valence-corrected chi connectivity index (χ2v) is 5.82. The van der Waals surface area contributed by atoms with E-state index < -0.39 is 10.0 Å². The first-order valence-electron chi connectivity index (χ1n) is 5.93. The maximum atomic E-state index is 12.1. The molecule has 0 fully saturated rings. The molecule has 0 saturated heterocycles. The van der Waals surface area contributed by atoms with Crippen LogP contribution in [0.4, 0.5) is 0 Å². The molecule has 1 N–H and O–H groups in total. The van der Waals surface area contributed by atoms with E-state index in [1.807, 2.05) is 0 Å². The summed E-state index contributed by atoms with van der Waals surface area (Å²) >= 11 is 0. The van der Waals surface area contributed by atoms with Crippen LogP contribution in [-0.2, 0) is 16.6 Å². The third-order valence-corrected chi connectivity index (χ3v) is 4.15. The molecule has 0 spiro atoms. The second-order valence-electron chi connectivity index (χ2n) is 4.14. The molecule has 106 valence electrons. The summed E-state index contributed by atoms with van der Waals surface area (Å²) in [4.78, 5) is 8.00. The highest BCUT2D eigenvalue weighted by molar-refractivity contribution is 7.89. The molecular weight excluding hydrogens is 278 g/mol. The number of aromatic nitrogens is 2. The van der Waals surface area contributed by atoms with E-state index in [1.165, 1.54) is 12.4 Å². The fourth-order valence-electron chi connectivity index (χ4n) is 1.63. The summed E-state index contributed by atoms with van der Waals surface area (Å²) in [5, 5.41) is 0.0357. The summed E-state index contributed by atoms with van der Waals surface area (Å²) in [6.07, 6.45) is 2.99. The minimum Gasteiger partial charge on any atom is -0.495 e. The Kier molecular flexibility index (Phi) is 4.31. The molecule has 0 aromatic carbocycles. The Hall–Kier alpha value is -1.99. The fraction of sp³-hybridized carbons (Fsp3) is 0.231. The average molecular weight is 293 g/mol. The maximum Gasteiger partial charge on any atom is 0.258 e. The van der Waals surface area contributed by atoms with Gasteiger partial charge in [0.25, 0.3) is 10.0 Å². The summed E-state index contributed by atoms with van der Waals surface area (Å²) in [6.45, 7) is 1.80. The molecule has 0 aliphatic rings. The molecule has 0 saturated carbocycles. The van der Waals surface area contributed by atoms with Crippen LogP contribution in [0.3, 0.4) is 0 Å². The van der Waals surface area contributed by atoms with Crippen molar-refractivity contribution in [3.8, 4) is 5.75 Å². The van der Waals surface area contributed by atoms with Gasteiger partial charge in [0.2, 0.25) is 0 Å². The number of hydrogen-bond donors (Lipinski definition) is 1. The quantitative estimate of drug-likeness (QED) is 0.898. The van der Waals surface area contributed by atoms with Gasteiger partial charge >= 0.3 is 0 Å². The molecule has 0 unspecified atom stereocenters. The Labute approximate surface area is 117 Å². The maximum absolute atomic E-state index is 12.1. The molecule has 2 rings (SSSR count). The number of sulfonamides is 1. The molecule has 2 heterocycles. The summed E-state index contributed by atoms with van der Waals surface area (Å²) in [6, 6.07) is 6.82. The minimum absolute atomic E-state index is 0.0357. The molecule has 0 bridgehead atoms. The van der Waals surface area contributed by atoms with Gasteiger partial charge in [-0.1, -0.05) is 6.07 Å². The average Bonchev–Trinajstić information content (AvgIpc) is 2.46. The lowest BCUT2D eigenvalue weighted by atomic mass is 10.3. The summed E-state index contributed by atoms with van der Waals surface area (Å²) < 4.78 is 31.7. The van der Waals surface area contributed by atoms with E-state index in [2.05, 4.69) is 14.7 Å². The van der Waals surface area contributed by atoms with Gasteiger partial charge in [0.15, 0.2) is 5.03 Å². The zero-order valence-electron chi connectivity index (χ0n) is 11.2. The molecule has 2 aromatic heterocycles. The number of methoxy groups -OCH3 is 1. The van der Waals surface area contributed by atoms with Crippen LogP contribution in [-0.4, -0.2) is 25.5 Å². The van der Waals surface area contributed by atoms with E-state index in [1.54, 1.807) is 38.3 Å². The lowest BCUT2D eigenvalue weighted by Gasteiger charge is -2.08. The van der Waals surface area contributed by atoms with Gasteiger partial charge in [-0.05, 0) is 30.7 Å². The van der Waals surface area contributed by atoms with Crippen LogP contribution in [0, 0.1) is 6.92 Å². The minimum atomic E-state index is -3.64. The molecule has 2 aromatic rings. The van der Waals surface area contributed by atoms with Crippen molar-refractivity contribution in [1.82, 2.24) is 14.7 Å². The third-order valence-electron chi connectivity index (χ3n) is 2.69. The number of nitrogens with one attached hydrogen (secondary N) is 1. The fourth-order valence-corrected chi connectivity index (χ4v) is 2.79. The van der Waals surface area contributed by atoms with E-state index in [4.69, 9.17) is 4.74 Å². The first kappa shape index (κ1) is 14.4. The number of rotatable bonds is 5. The second kappa shape index (κ2) is 5.98. The largest absolute Gasteiger partial charge is 0.495 e. The van der Waals surface area contributed by atoms with Gasteiger partial charge in [-0.25, -0.2) is 18.1 Å². The van der Waals surface area contributed by atoms with Crippen LogP contribution in [0.5, 0.6) is 5.75 Å². The Morgan fingerprint density at radius 3 is 2.65 bits per heavy atom. The van der Waals surface area contributed by atoms with Crippen molar-refractivity contribution >= 4 is 10.0 Å². The number of pyridine rings is 2. The van der Waals surface area contributed by atoms with Crippen molar-refractivity contribution < 1.29 is 13.2 Å². The lowest BCUT2D eigenvalue weighted by molar-refractivity contribution is 0.412. The highest BCUT2D eigenvalue weighted by Gasteiger charge is 2.17. The zero-order valence-corrected chi connectivity index (χ0v) is 12.0. The first-order chi connectivity index (χ1) is 9.53. The van der Waals surface area contributed by atoms with Crippen LogP contribution < -0.4 is 9.46 Å². The smallest absolute Gasteiger partial charge is 0.258 e. The molecule has 0 aliphatic heterocycles. The third kappa shape index (κ3) is 3.31. The van der Waals surface area contributed by atoms with Crippen molar-refractivity contribution in [3.05, 3.63) is 47.9 Å². The topological polar surface area (TPSA) is 81.2 Å². The van der Waals surface area contributed by atoms with E-state index in [9.17, 15) is 8.42 Å². The van der Waals surface area contributed by atoms with E-state index in [0.29, 0.717) is 17.0 Å². The SMILES string of the molecule is COc1ccc(CNS(=O)(=O)c2ncccc2C)nc1. The predicted octanol–water partition coefficient (Wildman–Crippen LogP) is 1.27. The Morgan fingerprint density at radius 1 is 1.25 bits per heavy atom. The van der Waals surface area contributed by atoms with Crippen molar-refractivity contribution in [3.63, 3.8) is 0 Å². The molecule has 0 amide bonds. The Balaban J connectivity index is 2.11. The molecule has 7 heteroatoms. The van der Waals surface area contributed by atoms with Gasteiger partial charge in [0, 0.05) is 6.20 Å². The number of ether oxygens (including phenoxy) is 1. The summed E-state index contributed by atoms with van der Waals surface area (Å²) in [5.41, 5.74) is 1.20. The van der Waals surface area contributed by atoms with Gasteiger partial charge in [0.1, 0.15) is 5.75 Å². The predicted molar refractivity (Wildman–Crippen MR) is 73.8 cm³/mol. The molecule has 20 heavy (non-hydrogen) atoms. The van der Waals surface area contributed by atoms with Gasteiger partial charge in [0.05, 0.1) is 25.5 Å². The molecular formula is C13H15N3O3S. The number of hydrogen-bond acceptors (Lipinski definition) is 5. The zero-order chi connectivity index (χ0) is 14.6. The van der Waals surface area contributed by atoms with Crippen molar-refractivity contribution in [2.45, 2.75) is 18.5 Å². The molecule has 6 nitrogen and oxygen atoms in total. The van der Waals surface area contributed by atoms with Gasteiger partial charge in [-0.2, -0.15) is 0 Å². The molecule has 0 radical (unpaired) electrons. The van der Waals surface area contributed by atoms with Crippen LogP contribution in [0.1, 0.15) is 11.3 Å². The van der Waals surface area contributed by atoms with Gasteiger partial charge in [-0.3, -0.25) is 4.98 Å². The van der Waals surface area contributed by atoms with E-state index >= 15 is 0 Å². The standard InChI is InChI=1S/C13H15N3O3S/c1-10-4-3-7-14-13(10)20(17,18)16-8-11-5-6-12(19-2)9-15-11/h3-7,9,16H,8H2,1-2H3. The normalized spacial score (nSPS) is 11.3. The Morgan fingerprint density at radius 2 is 2.05 bits per heavy atom.